The quantitative estimate of drug-likeness (QED) is 0.0299. The number of carbonyl (C=O) groups excluding carboxylic acids is 8. The molecule has 1 saturated heterocycles. The molecular weight excluding hydrogens is 868 g/mol. The van der Waals surface area contributed by atoms with Crippen molar-refractivity contribution in [1.29, 1.82) is 0 Å². The molecule has 1 heterocycles. The highest BCUT2D eigenvalue weighted by Crippen LogP contribution is 2.31. The van der Waals surface area contributed by atoms with Gasteiger partial charge in [-0.05, 0) is 43.3 Å². The fourth-order valence-electron chi connectivity index (χ4n) is 5.46. The zero-order valence-electron chi connectivity index (χ0n) is 34.5. The van der Waals surface area contributed by atoms with Gasteiger partial charge >= 0.3 is 17.9 Å². The first kappa shape index (κ1) is 50.0. The number of carbonyl (C=O) groups is 8. The summed E-state index contributed by atoms with van der Waals surface area (Å²) in [5.41, 5.74) is -2.16. The summed E-state index contributed by atoms with van der Waals surface area (Å²) in [5, 5.41) is 70.0. The minimum Gasteiger partial charge on any atom is -0.504 e. The van der Waals surface area contributed by atoms with E-state index in [2.05, 4.69) is 21.3 Å². The Hall–Kier alpha value is -7.70. The van der Waals surface area contributed by atoms with Crippen molar-refractivity contribution < 1.29 is 97.4 Å². The number of hydrogen-bond acceptors (Lipinski definition) is 20. The van der Waals surface area contributed by atoms with Crippen LogP contribution in [0.2, 0.25) is 0 Å². The molecule has 0 saturated carbocycles. The van der Waals surface area contributed by atoms with Crippen molar-refractivity contribution in [2.45, 2.75) is 31.5 Å². The number of phenolic OH excluding ortho intramolecular Hbond substituents is 6. The molecule has 3 aromatic rings. The monoisotopic (exact) mass is 914 g/mol. The predicted molar refractivity (Wildman–Crippen MR) is 216 cm³/mol. The summed E-state index contributed by atoms with van der Waals surface area (Å²) < 4.78 is 31.5. The highest BCUT2D eigenvalue weighted by Gasteiger charge is 2.35. The molecule has 3 aromatic carbocycles. The van der Waals surface area contributed by atoms with Crippen LogP contribution in [-0.4, -0.2) is 162 Å². The molecule has 4 rings (SSSR count). The van der Waals surface area contributed by atoms with Gasteiger partial charge in [0.05, 0.1) is 56.3 Å². The van der Waals surface area contributed by atoms with E-state index in [0.717, 1.165) is 36.4 Å². The highest BCUT2D eigenvalue weighted by atomic mass is 16.6. The SMILES string of the molecule is CC(=O)CCOCCOCCOCCNC(=O)c1cc(O)c(O)c(C(=O)N[C@H]2COC(=O)[C@@H](NC(=O)c3cccc(O)c3O)COC(=O)[C@@H](NC(=O)c3cccc(O)c3O)COC2=O)c1. The number of para-hydroxylation sites is 2. The van der Waals surface area contributed by atoms with Gasteiger partial charge in [-0.15, -0.1) is 0 Å². The van der Waals surface area contributed by atoms with Crippen molar-refractivity contribution in [3.05, 3.63) is 70.8 Å². The number of amides is 4. The molecule has 0 spiro atoms. The van der Waals surface area contributed by atoms with E-state index >= 15 is 0 Å². The van der Waals surface area contributed by atoms with Gasteiger partial charge in [-0.2, -0.15) is 0 Å². The fraction of sp³-hybridized carbons (Fsp3) is 0.366. The number of phenols is 6. The van der Waals surface area contributed by atoms with E-state index in [4.69, 9.17) is 28.4 Å². The minimum absolute atomic E-state index is 0.00952. The molecule has 1 aliphatic rings. The third-order valence-corrected chi connectivity index (χ3v) is 8.94. The Morgan fingerprint density at radius 1 is 0.538 bits per heavy atom. The molecule has 0 aliphatic carbocycles. The standard InChI is InChI=1S/C41H46N4O20/c1-21(46)8-10-60-12-14-62-15-13-61-11-9-42-35(53)22-16-25(34(52)31(49)17-22)38(56)45-28-20-65-40(58)26(43-36(54)23-4-2-6-29(47)32(23)50)18-63-39(57)27(19-64-41(28)59)44-37(55)24-5-3-7-30(48)33(24)51/h2-7,16-17,26-28,47-52H,8-15,18-20H2,1H3,(H,42,53)(H,43,54)(H,44,55)(H,45,56)/t26-,27-,28-/m0/s1. The van der Waals surface area contributed by atoms with Crippen molar-refractivity contribution in [2.75, 3.05) is 66.0 Å². The van der Waals surface area contributed by atoms with Crippen LogP contribution < -0.4 is 21.3 Å². The average molecular weight is 915 g/mol. The molecule has 24 heteroatoms. The molecule has 24 nitrogen and oxygen atoms in total. The van der Waals surface area contributed by atoms with Crippen molar-refractivity contribution in [1.82, 2.24) is 21.3 Å². The minimum atomic E-state index is -2.00. The number of cyclic esters (lactones) is 3. The lowest BCUT2D eigenvalue weighted by Crippen LogP contribution is -2.52. The molecular formula is C41H46N4O20. The number of aromatic hydroxyl groups is 6. The number of hydrogen-bond donors (Lipinski definition) is 10. The normalized spacial score (nSPS) is 16.6. The number of rotatable bonds is 19. The van der Waals surface area contributed by atoms with E-state index in [-0.39, 0.29) is 57.5 Å². The molecule has 4 amide bonds. The largest absolute Gasteiger partial charge is 0.504 e. The summed E-state index contributed by atoms with van der Waals surface area (Å²) in [6.07, 6.45) is 0.304. The smallest absolute Gasteiger partial charge is 0.332 e. The summed E-state index contributed by atoms with van der Waals surface area (Å²) in [5.74, 6) is -13.9. The highest BCUT2D eigenvalue weighted by molar-refractivity contribution is 6.04. The molecule has 1 fully saturated rings. The maximum absolute atomic E-state index is 13.6. The van der Waals surface area contributed by atoms with Crippen LogP contribution in [0.1, 0.15) is 54.8 Å². The van der Waals surface area contributed by atoms with Crippen LogP contribution in [-0.2, 0) is 47.6 Å². The average Bonchev–Trinajstić information content (AvgIpc) is 3.27. The van der Waals surface area contributed by atoms with E-state index in [1.54, 1.807) is 0 Å². The van der Waals surface area contributed by atoms with E-state index in [0.29, 0.717) is 6.42 Å². The Kier molecular flexibility index (Phi) is 18.6. The Labute approximate surface area is 368 Å². The Bertz CT molecular complexity index is 2190. The first-order chi connectivity index (χ1) is 31.0. The fourth-order valence-corrected chi connectivity index (χ4v) is 5.46. The van der Waals surface area contributed by atoms with Crippen LogP contribution in [0.15, 0.2) is 48.5 Å². The predicted octanol–water partition coefficient (Wildman–Crippen LogP) is -0.982. The maximum atomic E-state index is 13.6. The molecule has 65 heavy (non-hydrogen) atoms. The zero-order chi connectivity index (χ0) is 47.6. The van der Waals surface area contributed by atoms with Gasteiger partial charge in [0, 0.05) is 18.5 Å². The van der Waals surface area contributed by atoms with Crippen LogP contribution in [0, 0.1) is 0 Å². The maximum Gasteiger partial charge on any atom is 0.332 e. The number of esters is 3. The van der Waals surface area contributed by atoms with Gasteiger partial charge in [0.25, 0.3) is 23.6 Å². The second-order valence-electron chi connectivity index (χ2n) is 13.8. The van der Waals surface area contributed by atoms with Crippen LogP contribution >= 0.6 is 0 Å². The molecule has 0 bridgehead atoms. The van der Waals surface area contributed by atoms with Gasteiger partial charge in [-0.3, -0.25) is 24.0 Å². The molecule has 1 aliphatic heterocycles. The van der Waals surface area contributed by atoms with Crippen molar-refractivity contribution in [3.8, 4) is 34.5 Å². The van der Waals surface area contributed by atoms with Gasteiger partial charge in [0.1, 0.15) is 25.6 Å². The molecule has 0 radical (unpaired) electrons. The second kappa shape index (κ2) is 24.2. The third kappa shape index (κ3) is 14.7. The molecule has 0 aromatic heterocycles. The van der Waals surface area contributed by atoms with Gasteiger partial charge in [0.15, 0.2) is 52.6 Å². The van der Waals surface area contributed by atoms with E-state index in [1.807, 2.05) is 0 Å². The lowest BCUT2D eigenvalue weighted by Gasteiger charge is -2.25. The van der Waals surface area contributed by atoms with E-state index in [1.165, 1.54) is 19.1 Å². The topological polar surface area (TPSA) is 361 Å². The summed E-state index contributed by atoms with van der Waals surface area (Å²) in [4.78, 5) is 104. The number of ether oxygens (including phenoxy) is 6. The number of Topliss-reactive ketones (excluding diaryl/α,β-unsaturated/α-hetero) is 1. The molecule has 350 valence electrons. The number of nitrogens with one attached hydrogen (secondary N) is 4. The lowest BCUT2D eigenvalue weighted by molar-refractivity contribution is -0.160. The van der Waals surface area contributed by atoms with Gasteiger partial charge in [0.2, 0.25) is 0 Å². The van der Waals surface area contributed by atoms with Crippen LogP contribution in [0.3, 0.4) is 0 Å². The lowest BCUT2D eigenvalue weighted by atomic mass is 10.1. The van der Waals surface area contributed by atoms with Gasteiger partial charge in [-0.25, -0.2) is 14.4 Å². The summed E-state index contributed by atoms with van der Waals surface area (Å²) in [7, 11) is 0. The summed E-state index contributed by atoms with van der Waals surface area (Å²) in [6.45, 7) is -0.464. The summed E-state index contributed by atoms with van der Waals surface area (Å²) in [6, 6.07) is 2.50. The van der Waals surface area contributed by atoms with Crippen molar-refractivity contribution >= 4 is 47.3 Å². The Morgan fingerprint density at radius 3 is 1.38 bits per heavy atom. The molecule has 0 unspecified atom stereocenters. The first-order valence-electron chi connectivity index (χ1n) is 19.5. The third-order valence-electron chi connectivity index (χ3n) is 8.94. The molecule has 3 atom stereocenters. The van der Waals surface area contributed by atoms with Crippen molar-refractivity contribution in [3.63, 3.8) is 0 Å². The summed E-state index contributed by atoms with van der Waals surface area (Å²) >= 11 is 0. The van der Waals surface area contributed by atoms with E-state index in [9.17, 15) is 69.0 Å². The zero-order valence-corrected chi connectivity index (χ0v) is 34.5. The Morgan fingerprint density at radius 2 is 0.938 bits per heavy atom. The van der Waals surface area contributed by atoms with Crippen LogP contribution in [0.5, 0.6) is 34.5 Å². The molecule has 10 N–H and O–H groups in total. The van der Waals surface area contributed by atoms with E-state index < -0.39 is 131 Å². The Balaban J connectivity index is 1.47. The van der Waals surface area contributed by atoms with Gasteiger partial charge < -0.3 is 80.3 Å². The van der Waals surface area contributed by atoms with Crippen LogP contribution in [0.4, 0.5) is 0 Å². The van der Waals surface area contributed by atoms with Crippen LogP contribution in [0.25, 0.3) is 0 Å². The van der Waals surface area contributed by atoms with Crippen molar-refractivity contribution in [2.24, 2.45) is 0 Å². The second-order valence-corrected chi connectivity index (χ2v) is 13.8. The van der Waals surface area contributed by atoms with Gasteiger partial charge in [-0.1, -0.05) is 12.1 Å². The first-order valence-corrected chi connectivity index (χ1v) is 19.5. The number of ketones is 1. The number of benzene rings is 3.